The van der Waals surface area contributed by atoms with Gasteiger partial charge in [0.25, 0.3) is 0 Å². The molecule has 3 aliphatic rings. The van der Waals surface area contributed by atoms with E-state index in [2.05, 4.69) is 20.9 Å². The van der Waals surface area contributed by atoms with Crippen molar-refractivity contribution in [3.63, 3.8) is 0 Å². The lowest BCUT2D eigenvalue weighted by Crippen LogP contribution is -2.52. The van der Waals surface area contributed by atoms with Gasteiger partial charge in [-0.1, -0.05) is 58.4 Å². The fourth-order valence-corrected chi connectivity index (χ4v) is 6.63. The number of nitrogens with zero attached hydrogens (tertiary/aromatic N) is 2. The van der Waals surface area contributed by atoms with E-state index in [-0.39, 0.29) is 11.7 Å². The minimum Gasteiger partial charge on any atom is -0.495 e. The highest BCUT2D eigenvalue weighted by atomic mass is 79.9. The first-order chi connectivity index (χ1) is 17.9. The predicted molar refractivity (Wildman–Crippen MR) is 137 cm³/mol. The predicted octanol–water partition coefficient (Wildman–Crippen LogP) is 2.96. The van der Waals surface area contributed by atoms with Crippen molar-refractivity contribution in [3.05, 3.63) is 88.2 Å². The molecule has 1 saturated heterocycles. The van der Waals surface area contributed by atoms with Crippen LogP contribution in [0.2, 0.25) is 0 Å². The van der Waals surface area contributed by atoms with Crippen LogP contribution in [0.25, 0.3) is 0 Å². The number of carbonyl (C=O) groups excluding carboxylic acids is 1. The maximum absolute atomic E-state index is 14.2. The van der Waals surface area contributed by atoms with Gasteiger partial charge in [-0.3, -0.25) is 9.78 Å². The summed E-state index contributed by atoms with van der Waals surface area (Å²) in [6.45, 7) is 1.67. The molecular weight excluding hydrogens is 540 g/mol. The highest BCUT2D eigenvalue weighted by molar-refractivity contribution is 9.10. The molecule has 3 aromatic rings. The van der Waals surface area contributed by atoms with Gasteiger partial charge >= 0.3 is 0 Å². The first-order valence-corrected chi connectivity index (χ1v) is 13.0. The van der Waals surface area contributed by atoms with Crippen LogP contribution in [0.1, 0.15) is 22.6 Å². The number of halogens is 1. The summed E-state index contributed by atoms with van der Waals surface area (Å²) < 4.78 is 18.6. The summed E-state index contributed by atoms with van der Waals surface area (Å²) in [5, 5.41) is 24.9. The number of morpholine rings is 1. The number of aliphatic hydroxyl groups excluding tert-OH is 1. The van der Waals surface area contributed by atoms with Crippen LogP contribution in [0.5, 0.6) is 11.5 Å². The van der Waals surface area contributed by atoms with Gasteiger partial charge in [-0.05, 0) is 23.3 Å². The Kier molecular flexibility index (Phi) is 5.99. The molecule has 6 rings (SSSR count). The molecule has 37 heavy (non-hydrogen) atoms. The lowest BCUT2D eigenvalue weighted by molar-refractivity contribution is -0.158. The molecule has 5 atom stereocenters. The van der Waals surface area contributed by atoms with E-state index in [9.17, 15) is 15.0 Å². The van der Waals surface area contributed by atoms with Crippen LogP contribution in [0.4, 0.5) is 0 Å². The topological polar surface area (TPSA) is 101 Å². The quantitative estimate of drug-likeness (QED) is 0.500. The number of fused-ring (bicyclic) bond motifs is 3. The zero-order chi connectivity index (χ0) is 25.8. The van der Waals surface area contributed by atoms with Crippen molar-refractivity contribution in [2.75, 3.05) is 33.4 Å². The molecule has 1 unspecified atom stereocenters. The minimum absolute atomic E-state index is 0.248. The molecule has 1 aromatic heterocycles. The summed E-state index contributed by atoms with van der Waals surface area (Å²) >= 11 is 3.49. The van der Waals surface area contributed by atoms with Crippen LogP contribution in [0, 0.1) is 5.92 Å². The summed E-state index contributed by atoms with van der Waals surface area (Å²) in [6, 6.07) is 16.9. The normalized spacial score (nSPS) is 30.4. The zero-order valence-electron chi connectivity index (χ0n) is 20.2. The molecule has 9 heteroatoms. The van der Waals surface area contributed by atoms with E-state index in [1.54, 1.807) is 4.90 Å². The van der Waals surface area contributed by atoms with Gasteiger partial charge < -0.3 is 29.3 Å². The number of amides is 1. The van der Waals surface area contributed by atoms with Crippen molar-refractivity contribution in [1.82, 2.24) is 9.88 Å². The average molecular weight is 567 g/mol. The number of benzene rings is 2. The van der Waals surface area contributed by atoms with E-state index in [1.807, 2.05) is 54.6 Å². The zero-order valence-corrected chi connectivity index (χ0v) is 21.8. The van der Waals surface area contributed by atoms with E-state index in [4.69, 9.17) is 14.2 Å². The number of aromatic nitrogens is 1. The third kappa shape index (κ3) is 3.38. The molecule has 1 amide bonds. The highest BCUT2D eigenvalue weighted by Crippen LogP contribution is 2.69. The summed E-state index contributed by atoms with van der Waals surface area (Å²) in [6.07, 6.45) is 1.50. The molecule has 1 saturated carbocycles. The number of pyridine rings is 1. The molecule has 2 N–H and O–H groups in total. The van der Waals surface area contributed by atoms with Crippen molar-refractivity contribution in [2.45, 2.75) is 23.2 Å². The maximum Gasteiger partial charge on any atom is 0.229 e. The molecule has 0 spiro atoms. The molecule has 3 heterocycles. The second-order valence-electron chi connectivity index (χ2n) is 9.62. The molecule has 2 aliphatic heterocycles. The first-order valence-electron chi connectivity index (χ1n) is 12.2. The van der Waals surface area contributed by atoms with Crippen molar-refractivity contribution >= 4 is 21.8 Å². The van der Waals surface area contributed by atoms with Gasteiger partial charge in [0.2, 0.25) is 5.91 Å². The van der Waals surface area contributed by atoms with E-state index in [0.717, 1.165) is 10.0 Å². The van der Waals surface area contributed by atoms with E-state index < -0.39 is 29.1 Å². The Bertz CT molecular complexity index is 1320. The Labute approximate surface area is 222 Å². The molecular formula is C28H27BrN2O6. The van der Waals surface area contributed by atoms with Crippen LogP contribution in [0.3, 0.4) is 0 Å². The fraction of sp³-hybridized carbons (Fsp3) is 0.357. The average Bonchev–Trinajstić information content (AvgIpc) is 3.32. The standard InChI is InChI=1S/C28H27BrN2O6/c1-35-20-15-30-16-21-24(20)27(34)25(32)22(26(33)31-11-13-36-14-12-31)23(17-5-3-2-4-6-17)28(27,37-21)18-7-9-19(29)10-8-18/h2-10,15-16,22-23,25,32,34H,11-14H2,1H3/t22-,23-,25-,27+,28?/m1/s1. The minimum atomic E-state index is -2.02. The van der Waals surface area contributed by atoms with E-state index >= 15 is 0 Å². The van der Waals surface area contributed by atoms with E-state index in [1.165, 1.54) is 19.5 Å². The number of aliphatic hydroxyl groups is 2. The molecule has 0 radical (unpaired) electrons. The summed E-state index contributed by atoms with van der Waals surface area (Å²) in [5.74, 6) is -1.39. The third-order valence-corrected chi connectivity index (χ3v) is 8.45. The van der Waals surface area contributed by atoms with Crippen LogP contribution in [-0.2, 0) is 20.7 Å². The van der Waals surface area contributed by atoms with Crippen LogP contribution in [-0.4, -0.2) is 65.5 Å². The number of methoxy groups -OCH3 is 1. The van der Waals surface area contributed by atoms with Crippen LogP contribution in [0.15, 0.2) is 71.5 Å². The van der Waals surface area contributed by atoms with Crippen molar-refractivity contribution in [2.24, 2.45) is 5.92 Å². The van der Waals surface area contributed by atoms with Crippen molar-refractivity contribution in [1.29, 1.82) is 0 Å². The number of rotatable bonds is 4. The lowest BCUT2D eigenvalue weighted by atomic mass is 9.70. The Morgan fingerprint density at radius 3 is 2.49 bits per heavy atom. The number of hydrogen-bond donors (Lipinski definition) is 2. The first kappa shape index (κ1) is 24.4. The van der Waals surface area contributed by atoms with Crippen LogP contribution < -0.4 is 9.47 Å². The Morgan fingerprint density at radius 1 is 1.11 bits per heavy atom. The summed E-state index contributed by atoms with van der Waals surface area (Å²) in [7, 11) is 1.48. The molecule has 0 bridgehead atoms. The largest absolute Gasteiger partial charge is 0.495 e. The number of carbonyl (C=O) groups is 1. The molecule has 2 aromatic carbocycles. The summed E-state index contributed by atoms with van der Waals surface area (Å²) in [5.41, 5.74) is -1.87. The monoisotopic (exact) mass is 566 g/mol. The fourth-order valence-electron chi connectivity index (χ4n) is 6.36. The van der Waals surface area contributed by atoms with Gasteiger partial charge in [0.15, 0.2) is 11.2 Å². The van der Waals surface area contributed by atoms with Gasteiger partial charge in [-0.25, -0.2) is 0 Å². The highest BCUT2D eigenvalue weighted by Gasteiger charge is 2.78. The van der Waals surface area contributed by atoms with Crippen LogP contribution >= 0.6 is 15.9 Å². The second kappa shape index (κ2) is 9.09. The molecule has 192 valence electrons. The Hall–Kier alpha value is -2.98. The summed E-state index contributed by atoms with van der Waals surface area (Å²) in [4.78, 5) is 20.1. The van der Waals surface area contributed by atoms with Gasteiger partial charge in [-0.15, -0.1) is 0 Å². The van der Waals surface area contributed by atoms with Gasteiger partial charge in [0.1, 0.15) is 17.6 Å². The molecule has 1 aliphatic carbocycles. The maximum atomic E-state index is 14.2. The van der Waals surface area contributed by atoms with Gasteiger partial charge in [-0.2, -0.15) is 0 Å². The Morgan fingerprint density at radius 2 is 1.81 bits per heavy atom. The van der Waals surface area contributed by atoms with Crippen molar-refractivity contribution in [3.8, 4) is 11.5 Å². The van der Waals surface area contributed by atoms with Gasteiger partial charge in [0, 0.05) is 23.5 Å². The lowest BCUT2D eigenvalue weighted by Gasteiger charge is -2.41. The smallest absolute Gasteiger partial charge is 0.229 e. The molecule has 2 fully saturated rings. The Balaban J connectivity index is 1.65. The molecule has 8 nitrogen and oxygen atoms in total. The van der Waals surface area contributed by atoms with Crippen molar-refractivity contribution < 1.29 is 29.2 Å². The third-order valence-electron chi connectivity index (χ3n) is 7.92. The van der Waals surface area contributed by atoms with Gasteiger partial charge in [0.05, 0.1) is 44.2 Å². The number of hydrogen-bond acceptors (Lipinski definition) is 7. The SMILES string of the molecule is COc1cncc2c1[C@]1(O)[C@H](O)[C@H](C(=O)N3CCOCC3)[C@@H](c3ccccc3)C1(c1ccc(Br)cc1)O2. The van der Waals surface area contributed by atoms with E-state index in [0.29, 0.717) is 43.2 Å². The second-order valence-corrected chi connectivity index (χ2v) is 10.5. The number of ether oxygens (including phenoxy) is 3.